The van der Waals surface area contributed by atoms with E-state index in [4.69, 9.17) is 0 Å². The number of nitrogens with one attached hydrogen (secondary N) is 2. The van der Waals surface area contributed by atoms with E-state index in [2.05, 4.69) is 20.2 Å². The highest BCUT2D eigenvalue weighted by molar-refractivity contribution is 7.92. The second-order valence-corrected chi connectivity index (χ2v) is 8.31. The number of anilines is 2. The summed E-state index contributed by atoms with van der Waals surface area (Å²) in [6.07, 6.45) is 0.709. The molecule has 1 heterocycles. The molecule has 3 aromatic rings. The molecule has 0 unspecified atom stereocenters. The molecule has 146 valence electrons. The number of hydrogen-bond donors (Lipinski definition) is 2. The molecule has 28 heavy (non-hydrogen) atoms. The molecular formula is C17H14F2N4O3S2. The molecule has 0 radical (unpaired) electrons. The van der Waals surface area contributed by atoms with Gasteiger partial charge in [-0.15, -0.1) is 10.2 Å². The lowest BCUT2D eigenvalue weighted by atomic mass is 10.2. The van der Waals surface area contributed by atoms with E-state index < -0.39 is 32.5 Å². The number of benzene rings is 2. The van der Waals surface area contributed by atoms with Crippen LogP contribution in [0.4, 0.5) is 19.6 Å². The zero-order valence-corrected chi connectivity index (χ0v) is 16.1. The van der Waals surface area contributed by atoms with Crippen molar-refractivity contribution in [3.63, 3.8) is 0 Å². The topological polar surface area (TPSA) is 101 Å². The molecular weight excluding hydrogens is 410 g/mol. The van der Waals surface area contributed by atoms with E-state index in [1.54, 1.807) is 0 Å². The Labute approximate surface area is 163 Å². The molecule has 0 aliphatic rings. The van der Waals surface area contributed by atoms with Gasteiger partial charge in [-0.2, -0.15) is 0 Å². The van der Waals surface area contributed by atoms with Crippen LogP contribution < -0.4 is 10.0 Å². The van der Waals surface area contributed by atoms with Crippen LogP contribution in [0.2, 0.25) is 0 Å². The first-order valence-corrected chi connectivity index (χ1v) is 10.3. The molecule has 0 saturated heterocycles. The average molecular weight is 424 g/mol. The summed E-state index contributed by atoms with van der Waals surface area (Å²) in [5.41, 5.74) is 0.439. The van der Waals surface area contributed by atoms with Crippen molar-refractivity contribution in [2.45, 2.75) is 18.2 Å². The first-order chi connectivity index (χ1) is 13.3. The summed E-state index contributed by atoms with van der Waals surface area (Å²) in [4.78, 5) is 11.8. The summed E-state index contributed by atoms with van der Waals surface area (Å²) in [5, 5.41) is 11.5. The molecule has 0 spiro atoms. The largest absolute Gasteiger partial charge is 0.296 e. The number of aryl methyl sites for hydroxylation is 1. The van der Waals surface area contributed by atoms with Crippen molar-refractivity contribution < 1.29 is 22.0 Å². The molecule has 0 aliphatic carbocycles. The van der Waals surface area contributed by atoms with Crippen LogP contribution >= 0.6 is 11.3 Å². The molecule has 11 heteroatoms. The second kappa shape index (κ2) is 7.98. The summed E-state index contributed by atoms with van der Waals surface area (Å²) in [5.74, 6) is -2.83. The Morgan fingerprint density at radius 3 is 2.39 bits per heavy atom. The molecule has 0 atom stereocenters. The first-order valence-electron chi connectivity index (χ1n) is 8.00. The molecule has 3 rings (SSSR count). The van der Waals surface area contributed by atoms with Crippen LogP contribution in [0.5, 0.6) is 0 Å². The van der Waals surface area contributed by atoms with Gasteiger partial charge in [0.25, 0.3) is 15.9 Å². The lowest BCUT2D eigenvalue weighted by Gasteiger charge is -2.09. The Balaban J connectivity index is 1.71. The Kier molecular flexibility index (Phi) is 5.66. The summed E-state index contributed by atoms with van der Waals surface area (Å²) < 4.78 is 53.0. The van der Waals surface area contributed by atoms with Crippen LogP contribution in [-0.2, 0) is 16.4 Å². The number of carbonyl (C=O) groups is 1. The van der Waals surface area contributed by atoms with Crippen LogP contribution in [0.25, 0.3) is 0 Å². The van der Waals surface area contributed by atoms with Crippen molar-refractivity contribution in [2.75, 3.05) is 10.0 Å². The number of hydrogen-bond acceptors (Lipinski definition) is 6. The third kappa shape index (κ3) is 4.49. The fourth-order valence-electron chi connectivity index (χ4n) is 2.16. The summed E-state index contributed by atoms with van der Waals surface area (Å²) in [6, 6.07) is 7.87. The van der Waals surface area contributed by atoms with Crippen molar-refractivity contribution >= 4 is 38.1 Å². The molecule has 0 aliphatic heterocycles. The van der Waals surface area contributed by atoms with Gasteiger partial charge in [0.15, 0.2) is 11.6 Å². The highest BCUT2D eigenvalue weighted by Gasteiger charge is 2.17. The van der Waals surface area contributed by atoms with E-state index in [1.165, 1.54) is 35.6 Å². The predicted molar refractivity (Wildman–Crippen MR) is 101 cm³/mol. The minimum absolute atomic E-state index is 0.158. The summed E-state index contributed by atoms with van der Waals surface area (Å²) >= 11 is 1.26. The van der Waals surface area contributed by atoms with Crippen LogP contribution in [0.15, 0.2) is 47.4 Å². The number of nitrogens with zero attached hydrogens (tertiary/aromatic N) is 2. The van der Waals surface area contributed by atoms with Crippen LogP contribution in [-0.4, -0.2) is 24.5 Å². The molecule has 1 amide bonds. The fraction of sp³-hybridized carbons (Fsp3) is 0.118. The molecule has 0 fully saturated rings. The summed E-state index contributed by atoms with van der Waals surface area (Å²) in [6.45, 7) is 1.92. The van der Waals surface area contributed by atoms with Crippen LogP contribution in [0.1, 0.15) is 22.3 Å². The van der Waals surface area contributed by atoms with Gasteiger partial charge in [0.05, 0.1) is 4.90 Å². The van der Waals surface area contributed by atoms with E-state index in [9.17, 15) is 22.0 Å². The molecule has 7 nitrogen and oxygen atoms in total. The summed E-state index contributed by atoms with van der Waals surface area (Å²) in [7, 11) is -4.11. The number of carbonyl (C=O) groups excluding carboxylic acids is 1. The highest BCUT2D eigenvalue weighted by atomic mass is 32.2. The Morgan fingerprint density at radius 2 is 1.79 bits per heavy atom. The first kappa shape index (κ1) is 19.8. The standard InChI is InChI=1S/C17H14F2N4O3S2/c1-2-15-21-22-17(27-15)20-16(24)10-3-5-11(6-4-10)23-28(25,26)12-7-8-13(18)14(19)9-12/h3-9,23H,2H2,1H3,(H,20,22,24). The Hall–Kier alpha value is -2.92. The minimum atomic E-state index is -4.11. The van der Waals surface area contributed by atoms with Crippen molar-refractivity contribution in [1.82, 2.24) is 10.2 Å². The van der Waals surface area contributed by atoms with E-state index in [0.29, 0.717) is 17.6 Å². The van der Waals surface area contributed by atoms with E-state index in [-0.39, 0.29) is 11.3 Å². The fourth-order valence-corrected chi connectivity index (χ4v) is 3.91. The molecule has 2 N–H and O–H groups in total. The number of amides is 1. The predicted octanol–water partition coefficient (Wildman–Crippen LogP) is 3.43. The maximum atomic E-state index is 13.3. The molecule has 0 bridgehead atoms. The molecule has 0 saturated carbocycles. The van der Waals surface area contributed by atoms with Gasteiger partial charge in [-0.25, -0.2) is 17.2 Å². The zero-order chi connectivity index (χ0) is 20.3. The SMILES string of the molecule is CCc1nnc(NC(=O)c2ccc(NS(=O)(=O)c3ccc(F)c(F)c3)cc2)s1. The Bertz CT molecular complexity index is 1120. The van der Waals surface area contributed by atoms with Crippen LogP contribution in [0, 0.1) is 11.6 Å². The van der Waals surface area contributed by atoms with E-state index in [1.807, 2.05) is 6.92 Å². The van der Waals surface area contributed by atoms with Gasteiger partial charge in [-0.3, -0.25) is 14.8 Å². The zero-order valence-electron chi connectivity index (χ0n) is 14.4. The lowest BCUT2D eigenvalue weighted by Crippen LogP contribution is -2.14. The van der Waals surface area contributed by atoms with Gasteiger partial charge >= 0.3 is 0 Å². The van der Waals surface area contributed by atoms with Gasteiger partial charge in [-0.05, 0) is 48.9 Å². The van der Waals surface area contributed by atoms with Crippen molar-refractivity contribution in [3.8, 4) is 0 Å². The number of halogens is 2. The van der Waals surface area contributed by atoms with Crippen molar-refractivity contribution in [3.05, 3.63) is 64.7 Å². The van der Waals surface area contributed by atoms with E-state index >= 15 is 0 Å². The van der Waals surface area contributed by atoms with Gasteiger partial charge in [0.2, 0.25) is 5.13 Å². The smallest absolute Gasteiger partial charge is 0.261 e. The number of aromatic nitrogens is 2. The second-order valence-electron chi connectivity index (χ2n) is 5.57. The van der Waals surface area contributed by atoms with Crippen molar-refractivity contribution in [1.29, 1.82) is 0 Å². The maximum absolute atomic E-state index is 13.3. The van der Waals surface area contributed by atoms with Gasteiger partial charge < -0.3 is 0 Å². The molecule has 1 aromatic heterocycles. The van der Waals surface area contributed by atoms with Crippen molar-refractivity contribution in [2.24, 2.45) is 0 Å². The third-order valence-electron chi connectivity index (χ3n) is 3.59. The van der Waals surface area contributed by atoms with E-state index in [0.717, 1.165) is 17.1 Å². The maximum Gasteiger partial charge on any atom is 0.261 e. The normalized spacial score (nSPS) is 11.2. The van der Waals surface area contributed by atoms with Crippen LogP contribution in [0.3, 0.4) is 0 Å². The average Bonchev–Trinajstić information content (AvgIpc) is 3.11. The van der Waals surface area contributed by atoms with Gasteiger partial charge in [0.1, 0.15) is 5.01 Å². The monoisotopic (exact) mass is 424 g/mol. The van der Waals surface area contributed by atoms with Gasteiger partial charge in [-0.1, -0.05) is 18.3 Å². The molecule has 2 aromatic carbocycles. The quantitative estimate of drug-likeness (QED) is 0.631. The minimum Gasteiger partial charge on any atom is -0.296 e. The Morgan fingerprint density at radius 1 is 1.07 bits per heavy atom. The third-order valence-corrected chi connectivity index (χ3v) is 5.95. The lowest BCUT2D eigenvalue weighted by molar-refractivity contribution is 0.102. The number of sulfonamides is 1. The highest BCUT2D eigenvalue weighted by Crippen LogP contribution is 2.20. The number of rotatable bonds is 6. The van der Waals surface area contributed by atoms with Gasteiger partial charge in [0, 0.05) is 11.3 Å².